The molecule has 1 aliphatic carbocycles. The molecule has 0 heterocycles. The Morgan fingerprint density at radius 2 is 1.90 bits per heavy atom. The zero-order valence-electron chi connectivity index (χ0n) is 12.9. The molecule has 0 radical (unpaired) electrons. The van der Waals surface area contributed by atoms with Crippen LogP contribution in [0.3, 0.4) is 0 Å². The van der Waals surface area contributed by atoms with Gasteiger partial charge in [-0.25, -0.2) is 4.39 Å². The topological polar surface area (TPSA) is 29.3 Å². The van der Waals surface area contributed by atoms with Gasteiger partial charge in [-0.1, -0.05) is 26.7 Å². The quantitative estimate of drug-likeness (QED) is 0.872. The average Bonchev–Trinajstić information content (AvgIpc) is 2.89. The van der Waals surface area contributed by atoms with Crippen molar-refractivity contribution in [2.75, 3.05) is 11.4 Å². The molecule has 0 saturated heterocycles. The van der Waals surface area contributed by atoms with E-state index >= 15 is 0 Å². The lowest BCUT2D eigenvalue weighted by Crippen LogP contribution is -2.37. The molecule has 0 unspecified atom stereocenters. The van der Waals surface area contributed by atoms with Gasteiger partial charge in [-0.3, -0.25) is 0 Å². The number of hydrogen-bond acceptors (Lipinski definition) is 2. The maximum Gasteiger partial charge on any atom is 0.123 e. The van der Waals surface area contributed by atoms with Gasteiger partial charge in [0.25, 0.3) is 0 Å². The monoisotopic (exact) mass is 278 g/mol. The third-order valence-electron chi connectivity index (χ3n) is 4.12. The third-order valence-corrected chi connectivity index (χ3v) is 4.12. The Morgan fingerprint density at radius 1 is 1.25 bits per heavy atom. The van der Waals surface area contributed by atoms with Gasteiger partial charge in [0.15, 0.2) is 0 Å². The highest BCUT2D eigenvalue weighted by molar-refractivity contribution is 5.56. The van der Waals surface area contributed by atoms with E-state index in [1.807, 2.05) is 13.0 Å². The van der Waals surface area contributed by atoms with Crippen LogP contribution in [0.1, 0.15) is 58.1 Å². The van der Waals surface area contributed by atoms with Gasteiger partial charge >= 0.3 is 0 Å². The minimum Gasteiger partial charge on any atom is -0.368 e. The van der Waals surface area contributed by atoms with Gasteiger partial charge in [0.2, 0.25) is 0 Å². The highest BCUT2D eigenvalue weighted by Crippen LogP contribution is 2.33. The average molecular weight is 278 g/mol. The van der Waals surface area contributed by atoms with E-state index in [0.29, 0.717) is 12.0 Å². The van der Waals surface area contributed by atoms with Gasteiger partial charge < -0.3 is 10.6 Å². The summed E-state index contributed by atoms with van der Waals surface area (Å²) in [6.45, 7) is 7.41. The number of rotatable bonds is 5. The maximum atomic E-state index is 13.5. The molecule has 1 aliphatic rings. The summed E-state index contributed by atoms with van der Waals surface area (Å²) in [5, 5.41) is 0. The molecule has 1 fully saturated rings. The SMILES string of the molecule is CC(C)CN(c1ccc(F)cc1[C@H](C)N)C1CCCC1. The molecule has 112 valence electrons. The van der Waals surface area contributed by atoms with Crippen molar-refractivity contribution in [1.29, 1.82) is 0 Å². The minimum atomic E-state index is -0.197. The standard InChI is InChI=1S/C17H27FN2/c1-12(2)11-20(15-6-4-5-7-15)17-9-8-14(18)10-16(17)13(3)19/h8-10,12-13,15H,4-7,11,19H2,1-3H3/t13-/m0/s1. The van der Waals surface area contributed by atoms with Crippen LogP contribution in [0, 0.1) is 11.7 Å². The molecule has 0 bridgehead atoms. The summed E-state index contributed by atoms with van der Waals surface area (Å²) >= 11 is 0. The molecule has 0 spiro atoms. The predicted molar refractivity (Wildman–Crippen MR) is 83.4 cm³/mol. The zero-order chi connectivity index (χ0) is 14.7. The van der Waals surface area contributed by atoms with E-state index in [1.54, 1.807) is 12.1 Å². The summed E-state index contributed by atoms with van der Waals surface area (Å²) in [5.41, 5.74) is 8.11. The summed E-state index contributed by atoms with van der Waals surface area (Å²) in [4.78, 5) is 2.47. The zero-order valence-corrected chi connectivity index (χ0v) is 12.9. The van der Waals surface area contributed by atoms with Crippen LogP contribution in [0.5, 0.6) is 0 Å². The number of benzene rings is 1. The van der Waals surface area contributed by atoms with Crippen molar-refractivity contribution in [2.24, 2.45) is 11.7 Å². The van der Waals surface area contributed by atoms with Crippen molar-refractivity contribution in [3.63, 3.8) is 0 Å². The van der Waals surface area contributed by atoms with Gasteiger partial charge in [0.05, 0.1) is 0 Å². The maximum absolute atomic E-state index is 13.5. The Kier molecular flexibility index (Phi) is 5.03. The van der Waals surface area contributed by atoms with Gasteiger partial charge in [0.1, 0.15) is 5.82 Å². The van der Waals surface area contributed by atoms with Crippen molar-refractivity contribution in [2.45, 2.75) is 58.5 Å². The summed E-state index contributed by atoms with van der Waals surface area (Å²) in [6.07, 6.45) is 5.08. The molecule has 3 heteroatoms. The predicted octanol–water partition coefficient (Wildman–Crippen LogP) is 4.25. The normalized spacial score (nSPS) is 17.7. The molecule has 0 aliphatic heterocycles. The number of halogens is 1. The first-order valence-corrected chi connectivity index (χ1v) is 7.80. The van der Waals surface area contributed by atoms with E-state index in [0.717, 1.165) is 17.8 Å². The Labute approximate surface area is 122 Å². The molecule has 1 saturated carbocycles. The van der Waals surface area contributed by atoms with Crippen molar-refractivity contribution >= 4 is 5.69 Å². The smallest absolute Gasteiger partial charge is 0.123 e. The fourth-order valence-corrected chi connectivity index (χ4v) is 3.21. The van der Waals surface area contributed by atoms with Gasteiger partial charge in [-0.2, -0.15) is 0 Å². The van der Waals surface area contributed by atoms with E-state index < -0.39 is 0 Å². The van der Waals surface area contributed by atoms with E-state index in [4.69, 9.17) is 5.73 Å². The van der Waals surface area contributed by atoms with Crippen LogP contribution in [0.2, 0.25) is 0 Å². The van der Waals surface area contributed by atoms with E-state index in [9.17, 15) is 4.39 Å². The fraction of sp³-hybridized carbons (Fsp3) is 0.647. The number of nitrogens with two attached hydrogens (primary N) is 1. The van der Waals surface area contributed by atoms with Crippen LogP contribution in [-0.4, -0.2) is 12.6 Å². The van der Waals surface area contributed by atoms with Crippen molar-refractivity contribution in [3.05, 3.63) is 29.6 Å². The van der Waals surface area contributed by atoms with Crippen LogP contribution in [0.4, 0.5) is 10.1 Å². The van der Waals surface area contributed by atoms with E-state index in [-0.39, 0.29) is 11.9 Å². The van der Waals surface area contributed by atoms with Crippen LogP contribution in [0.15, 0.2) is 18.2 Å². The second kappa shape index (κ2) is 6.57. The van der Waals surface area contributed by atoms with Gasteiger partial charge in [-0.05, 0) is 49.4 Å². The minimum absolute atomic E-state index is 0.142. The third kappa shape index (κ3) is 3.51. The highest BCUT2D eigenvalue weighted by Gasteiger charge is 2.25. The molecule has 0 aromatic heterocycles. The van der Waals surface area contributed by atoms with E-state index in [1.165, 1.54) is 25.7 Å². The number of anilines is 1. The van der Waals surface area contributed by atoms with Crippen LogP contribution >= 0.6 is 0 Å². The molecule has 1 aromatic rings. The molecule has 2 nitrogen and oxygen atoms in total. The molecule has 1 atom stereocenters. The summed E-state index contributed by atoms with van der Waals surface area (Å²) < 4.78 is 13.5. The first kappa shape index (κ1) is 15.3. The molecular formula is C17H27FN2. The van der Waals surface area contributed by atoms with Gasteiger partial charge in [0, 0.05) is 24.3 Å². The molecule has 2 rings (SSSR count). The highest BCUT2D eigenvalue weighted by atomic mass is 19.1. The lowest BCUT2D eigenvalue weighted by atomic mass is 10.0. The molecule has 0 amide bonds. The van der Waals surface area contributed by atoms with Crippen LogP contribution in [-0.2, 0) is 0 Å². The Morgan fingerprint density at radius 3 is 2.45 bits per heavy atom. The first-order chi connectivity index (χ1) is 9.49. The summed E-state index contributed by atoms with van der Waals surface area (Å²) in [7, 11) is 0. The Hall–Kier alpha value is -1.09. The second-order valence-electron chi connectivity index (χ2n) is 6.48. The molecule has 20 heavy (non-hydrogen) atoms. The lowest BCUT2D eigenvalue weighted by Gasteiger charge is -2.35. The van der Waals surface area contributed by atoms with Crippen LogP contribution < -0.4 is 10.6 Å². The molecule has 1 aromatic carbocycles. The fourth-order valence-electron chi connectivity index (χ4n) is 3.21. The second-order valence-corrected chi connectivity index (χ2v) is 6.48. The van der Waals surface area contributed by atoms with Crippen molar-refractivity contribution in [3.8, 4) is 0 Å². The molecule has 2 N–H and O–H groups in total. The summed E-state index contributed by atoms with van der Waals surface area (Å²) in [6, 6.07) is 5.51. The number of nitrogens with zero attached hydrogens (tertiary/aromatic N) is 1. The Balaban J connectivity index is 2.36. The van der Waals surface area contributed by atoms with E-state index in [2.05, 4.69) is 18.7 Å². The van der Waals surface area contributed by atoms with Crippen molar-refractivity contribution < 1.29 is 4.39 Å². The van der Waals surface area contributed by atoms with Crippen LogP contribution in [0.25, 0.3) is 0 Å². The molecular weight excluding hydrogens is 251 g/mol. The first-order valence-electron chi connectivity index (χ1n) is 7.80. The van der Waals surface area contributed by atoms with Gasteiger partial charge in [-0.15, -0.1) is 0 Å². The number of hydrogen-bond donors (Lipinski definition) is 1. The largest absolute Gasteiger partial charge is 0.368 e. The Bertz CT molecular complexity index is 437. The summed E-state index contributed by atoms with van der Waals surface area (Å²) in [5.74, 6) is 0.388. The lowest BCUT2D eigenvalue weighted by molar-refractivity contribution is 0.531. The van der Waals surface area contributed by atoms with Crippen molar-refractivity contribution in [1.82, 2.24) is 0 Å².